The Morgan fingerprint density at radius 1 is 1.08 bits per heavy atom. The SMILES string of the molecule is CCCCCCCOc1ccc2c(CC(C)(N)CO)cccc2c1. The fourth-order valence-electron chi connectivity index (χ4n) is 2.96. The first kappa shape index (κ1) is 18.8. The number of unbranched alkanes of at least 4 members (excludes halogenated alkanes) is 4. The Balaban J connectivity index is 2.01. The monoisotopic (exact) mass is 329 g/mol. The molecule has 0 saturated carbocycles. The van der Waals surface area contributed by atoms with Gasteiger partial charge in [-0.25, -0.2) is 0 Å². The first-order valence-electron chi connectivity index (χ1n) is 9.10. The maximum atomic E-state index is 9.40. The van der Waals surface area contributed by atoms with E-state index in [1.54, 1.807) is 0 Å². The Morgan fingerprint density at radius 3 is 2.62 bits per heavy atom. The molecule has 0 aliphatic carbocycles. The second kappa shape index (κ2) is 9.05. The Bertz CT molecular complexity index is 637. The fourth-order valence-corrected chi connectivity index (χ4v) is 2.96. The van der Waals surface area contributed by atoms with Gasteiger partial charge in [0.1, 0.15) is 5.75 Å². The first-order chi connectivity index (χ1) is 11.6. The zero-order chi connectivity index (χ0) is 17.4. The minimum absolute atomic E-state index is 0.0252. The summed E-state index contributed by atoms with van der Waals surface area (Å²) in [6, 6.07) is 12.4. The van der Waals surface area contributed by atoms with E-state index in [4.69, 9.17) is 10.5 Å². The molecule has 0 fully saturated rings. The van der Waals surface area contributed by atoms with Crippen LogP contribution >= 0.6 is 0 Å². The molecule has 0 aromatic heterocycles. The molecule has 0 saturated heterocycles. The Hall–Kier alpha value is -1.58. The van der Waals surface area contributed by atoms with E-state index in [0.29, 0.717) is 6.42 Å². The minimum atomic E-state index is -0.595. The molecule has 0 amide bonds. The lowest BCUT2D eigenvalue weighted by Crippen LogP contribution is -2.42. The molecule has 0 spiro atoms. The van der Waals surface area contributed by atoms with E-state index in [1.807, 2.05) is 19.1 Å². The molecule has 3 N–H and O–H groups in total. The lowest BCUT2D eigenvalue weighted by Gasteiger charge is -2.22. The quantitative estimate of drug-likeness (QED) is 0.634. The maximum Gasteiger partial charge on any atom is 0.119 e. The number of aliphatic hydroxyl groups is 1. The molecule has 2 aromatic carbocycles. The number of fused-ring (bicyclic) bond motifs is 1. The molecule has 1 unspecified atom stereocenters. The smallest absolute Gasteiger partial charge is 0.119 e. The van der Waals surface area contributed by atoms with E-state index < -0.39 is 5.54 Å². The van der Waals surface area contributed by atoms with Gasteiger partial charge in [0, 0.05) is 5.54 Å². The van der Waals surface area contributed by atoms with Gasteiger partial charge < -0.3 is 15.6 Å². The summed E-state index contributed by atoms with van der Waals surface area (Å²) in [6.07, 6.45) is 6.88. The zero-order valence-corrected chi connectivity index (χ0v) is 15.1. The summed E-state index contributed by atoms with van der Waals surface area (Å²) in [7, 11) is 0. The predicted molar refractivity (Wildman–Crippen MR) is 102 cm³/mol. The third-order valence-corrected chi connectivity index (χ3v) is 4.41. The van der Waals surface area contributed by atoms with Crippen LogP contribution in [0.2, 0.25) is 0 Å². The Labute approximate surface area is 145 Å². The highest BCUT2D eigenvalue weighted by Gasteiger charge is 2.18. The van der Waals surface area contributed by atoms with Crippen molar-refractivity contribution in [3.63, 3.8) is 0 Å². The highest BCUT2D eigenvalue weighted by Crippen LogP contribution is 2.26. The van der Waals surface area contributed by atoms with Gasteiger partial charge in [0.15, 0.2) is 0 Å². The molecule has 2 aromatic rings. The van der Waals surface area contributed by atoms with Crippen molar-refractivity contribution in [3.8, 4) is 5.75 Å². The summed E-state index contributed by atoms with van der Waals surface area (Å²) in [5.41, 5.74) is 6.68. The fraction of sp³-hybridized carbons (Fsp3) is 0.524. The Kier molecular flexibility index (Phi) is 7.07. The summed E-state index contributed by atoms with van der Waals surface area (Å²) < 4.78 is 5.89. The summed E-state index contributed by atoms with van der Waals surface area (Å²) in [6.45, 7) is 4.86. The third-order valence-electron chi connectivity index (χ3n) is 4.41. The third kappa shape index (κ3) is 5.50. The largest absolute Gasteiger partial charge is 0.494 e. The summed E-state index contributed by atoms with van der Waals surface area (Å²) in [4.78, 5) is 0. The van der Waals surface area contributed by atoms with Gasteiger partial charge in [0.2, 0.25) is 0 Å². The molecule has 24 heavy (non-hydrogen) atoms. The van der Waals surface area contributed by atoms with Crippen molar-refractivity contribution < 1.29 is 9.84 Å². The van der Waals surface area contributed by atoms with Crippen LogP contribution in [0.15, 0.2) is 36.4 Å². The van der Waals surface area contributed by atoms with E-state index in [2.05, 4.69) is 31.2 Å². The zero-order valence-electron chi connectivity index (χ0n) is 15.1. The predicted octanol–water partition coefficient (Wildman–Crippen LogP) is 4.44. The van der Waals surface area contributed by atoms with Crippen molar-refractivity contribution in [2.75, 3.05) is 13.2 Å². The van der Waals surface area contributed by atoms with Crippen molar-refractivity contribution in [2.24, 2.45) is 5.73 Å². The maximum absolute atomic E-state index is 9.40. The van der Waals surface area contributed by atoms with Gasteiger partial charge in [-0.15, -0.1) is 0 Å². The normalized spacial score (nSPS) is 13.8. The Morgan fingerprint density at radius 2 is 1.88 bits per heavy atom. The van der Waals surface area contributed by atoms with Crippen LogP contribution in [0.25, 0.3) is 10.8 Å². The lowest BCUT2D eigenvalue weighted by molar-refractivity contribution is 0.208. The molecule has 132 valence electrons. The number of rotatable bonds is 10. The van der Waals surface area contributed by atoms with E-state index in [9.17, 15) is 5.11 Å². The van der Waals surface area contributed by atoms with Crippen LogP contribution in [0, 0.1) is 0 Å². The van der Waals surface area contributed by atoms with Crippen molar-refractivity contribution in [1.82, 2.24) is 0 Å². The van der Waals surface area contributed by atoms with E-state index in [1.165, 1.54) is 31.1 Å². The van der Waals surface area contributed by atoms with Gasteiger partial charge >= 0.3 is 0 Å². The van der Waals surface area contributed by atoms with Crippen molar-refractivity contribution >= 4 is 10.8 Å². The van der Waals surface area contributed by atoms with E-state index in [0.717, 1.165) is 29.7 Å². The molecular formula is C21H31NO2. The molecule has 1 atom stereocenters. The number of aliphatic hydroxyl groups excluding tert-OH is 1. The average molecular weight is 329 g/mol. The molecule has 0 aliphatic heterocycles. The molecule has 3 heteroatoms. The number of benzene rings is 2. The summed E-state index contributed by atoms with van der Waals surface area (Å²) >= 11 is 0. The van der Waals surface area contributed by atoms with Gasteiger partial charge in [-0.05, 0) is 48.2 Å². The van der Waals surface area contributed by atoms with Gasteiger partial charge in [0.25, 0.3) is 0 Å². The van der Waals surface area contributed by atoms with Crippen LogP contribution in [0.4, 0.5) is 0 Å². The van der Waals surface area contributed by atoms with Gasteiger partial charge in [-0.1, -0.05) is 56.9 Å². The second-order valence-electron chi connectivity index (χ2n) is 7.05. The topological polar surface area (TPSA) is 55.5 Å². The summed E-state index contributed by atoms with van der Waals surface area (Å²) in [5, 5.41) is 11.7. The van der Waals surface area contributed by atoms with Crippen LogP contribution in [0.5, 0.6) is 5.75 Å². The van der Waals surface area contributed by atoms with E-state index in [-0.39, 0.29) is 6.61 Å². The van der Waals surface area contributed by atoms with Gasteiger partial charge in [-0.2, -0.15) is 0 Å². The minimum Gasteiger partial charge on any atom is -0.494 e. The van der Waals surface area contributed by atoms with Crippen LogP contribution in [-0.4, -0.2) is 23.9 Å². The van der Waals surface area contributed by atoms with E-state index >= 15 is 0 Å². The average Bonchev–Trinajstić information content (AvgIpc) is 2.58. The highest BCUT2D eigenvalue weighted by molar-refractivity contribution is 5.87. The molecule has 0 heterocycles. The van der Waals surface area contributed by atoms with Gasteiger partial charge in [-0.3, -0.25) is 0 Å². The lowest BCUT2D eigenvalue weighted by atomic mass is 9.91. The molecular weight excluding hydrogens is 298 g/mol. The molecule has 2 rings (SSSR count). The van der Waals surface area contributed by atoms with Crippen molar-refractivity contribution in [2.45, 2.75) is 57.9 Å². The summed E-state index contributed by atoms with van der Waals surface area (Å²) in [5.74, 6) is 0.924. The van der Waals surface area contributed by atoms with Crippen molar-refractivity contribution in [1.29, 1.82) is 0 Å². The van der Waals surface area contributed by atoms with Gasteiger partial charge in [0.05, 0.1) is 13.2 Å². The number of hydrogen-bond acceptors (Lipinski definition) is 3. The van der Waals surface area contributed by atoms with Crippen LogP contribution in [0.1, 0.15) is 51.5 Å². The number of ether oxygens (including phenoxy) is 1. The first-order valence-corrected chi connectivity index (χ1v) is 9.10. The van der Waals surface area contributed by atoms with Crippen LogP contribution < -0.4 is 10.5 Å². The van der Waals surface area contributed by atoms with Crippen molar-refractivity contribution in [3.05, 3.63) is 42.0 Å². The molecule has 0 radical (unpaired) electrons. The standard InChI is InChI=1S/C21H31NO2/c1-3-4-5-6-7-13-24-19-11-12-20-17(14-19)9-8-10-18(20)15-21(2,22)16-23/h8-12,14,23H,3-7,13,15-16,22H2,1-2H3. The molecule has 0 aliphatic rings. The molecule has 0 bridgehead atoms. The molecule has 3 nitrogen and oxygen atoms in total. The van der Waals surface area contributed by atoms with Crippen LogP contribution in [-0.2, 0) is 6.42 Å². The number of hydrogen-bond donors (Lipinski definition) is 2. The number of nitrogens with two attached hydrogens (primary N) is 1. The highest BCUT2D eigenvalue weighted by atomic mass is 16.5. The second-order valence-corrected chi connectivity index (χ2v) is 7.05. The van der Waals surface area contributed by atoms with Crippen LogP contribution in [0.3, 0.4) is 0 Å².